The Morgan fingerprint density at radius 1 is 1.12 bits per heavy atom. The Morgan fingerprint density at radius 2 is 1.97 bits per heavy atom. The number of nitrogens with zero attached hydrogens (tertiary/aromatic N) is 2. The summed E-state index contributed by atoms with van der Waals surface area (Å²) in [5.74, 6) is -0.377. The molecule has 2 N–H and O–H groups in total. The molecule has 3 unspecified atom stereocenters. The maximum atomic E-state index is 12.4. The summed E-state index contributed by atoms with van der Waals surface area (Å²) in [6, 6.07) is 15.3. The van der Waals surface area contributed by atoms with Crippen molar-refractivity contribution in [3.05, 3.63) is 70.3 Å². The van der Waals surface area contributed by atoms with Crippen molar-refractivity contribution in [3.63, 3.8) is 0 Å². The third-order valence-corrected chi connectivity index (χ3v) is 7.57. The molecule has 168 valence electrons. The summed E-state index contributed by atoms with van der Waals surface area (Å²) >= 11 is 4.86. The van der Waals surface area contributed by atoms with E-state index in [1.54, 1.807) is 0 Å². The number of thiol groups is 1. The van der Waals surface area contributed by atoms with Gasteiger partial charge in [-0.2, -0.15) is 12.6 Å². The van der Waals surface area contributed by atoms with Crippen LogP contribution in [-0.4, -0.2) is 47.3 Å². The number of piperidine rings is 1. The molecule has 0 saturated carbocycles. The van der Waals surface area contributed by atoms with Crippen molar-refractivity contribution in [2.75, 3.05) is 19.6 Å². The number of hydrogen-bond donors (Lipinski definition) is 3. The van der Waals surface area contributed by atoms with Gasteiger partial charge in [0.15, 0.2) is 0 Å². The minimum atomic E-state index is -0.297. The second kappa shape index (κ2) is 8.98. The number of fused-ring (bicyclic) bond motifs is 1. The van der Waals surface area contributed by atoms with E-state index in [-0.39, 0.29) is 23.2 Å². The van der Waals surface area contributed by atoms with Crippen LogP contribution in [0.2, 0.25) is 0 Å². The fraction of sp³-hybridized carbons (Fsp3) is 0.440. The van der Waals surface area contributed by atoms with Crippen LogP contribution < -0.4 is 10.6 Å². The van der Waals surface area contributed by atoms with E-state index >= 15 is 0 Å². The Labute approximate surface area is 194 Å². The predicted molar refractivity (Wildman–Crippen MR) is 127 cm³/mol. The van der Waals surface area contributed by atoms with Crippen LogP contribution in [0.15, 0.2) is 42.5 Å². The zero-order chi connectivity index (χ0) is 22.2. The monoisotopic (exact) mass is 450 g/mol. The van der Waals surface area contributed by atoms with Gasteiger partial charge in [0.1, 0.15) is 0 Å². The molecule has 0 bridgehead atoms. The molecule has 5 rings (SSSR count). The number of benzene rings is 2. The van der Waals surface area contributed by atoms with Crippen LogP contribution in [0.3, 0.4) is 0 Å². The molecular weight excluding hydrogens is 420 g/mol. The summed E-state index contributed by atoms with van der Waals surface area (Å²) in [5.41, 5.74) is 6.38. The lowest BCUT2D eigenvalue weighted by atomic mass is 9.99. The van der Waals surface area contributed by atoms with Gasteiger partial charge in [0, 0.05) is 45.2 Å². The quantitative estimate of drug-likeness (QED) is 0.494. The maximum absolute atomic E-state index is 12.4. The van der Waals surface area contributed by atoms with Gasteiger partial charge in [-0.15, -0.1) is 0 Å². The van der Waals surface area contributed by atoms with E-state index in [2.05, 4.69) is 69.8 Å². The predicted octanol–water partition coefficient (Wildman–Crippen LogP) is 2.69. The molecule has 0 spiro atoms. The van der Waals surface area contributed by atoms with E-state index in [1.807, 2.05) is 0 Å². The zero-order valence-electron chi connectivity index (χ0n) is 18.4. The molecule has 2 fully saturated rings. The van der Waals surface area contributed by atoms with Gasteiger partial charge in [-0.05, 0) is 41.2 Å². The number of carbonyl (C=O) groups is 2. The standard InChI is InChI=1S/C25H30N4O2S/c1-16-4-2-3-5-19(16)21-15-28(11-10-26-21)13-17-6-7-18-14-29(25(32)20(18)12-17)22-8-9-23(30)27-24(22)31/h2-7,12,21-22,25-26,32H,8-11,13-15H2,1H3,(H,27,30,31). The SMILES string of the molecule is Cc1ccccc1C1CN(Cc2ccc3c(c2)C(S)N(C2CCC(=O)NC2=O)C3)CCN1. The number of imide groups is 1. The van der Waals surface area contributed by atoms with Gasteiger partial charge in [0.2, 0.25) is 11.8 Å². The molecule has 2 amide bonds. The number of piperazine rings is 1. The van der Waals surface area contributed by atoms with Crippen LogP contribution in [0.25, 0.3) is 0 Å². The summed E-state index contributed by atoms with van der Waals surface area (Å²) in [7, 11) is 0. The van der Waals surface area contributed by atoms with Crippen molar-refractivity contribution in [3.8, 4) is 0 Å². The van der Waals surface area contributed by atoms with Crippen molar-refractivity contribution in [2.24, 2.45) is 0 Å². The second-order valence-electron chi connectivity index (χ2n) is 9.14. The topological polar surface area (TPSA) is 64.7 Å². The first-order chi connectivity index (χ1) is 15.5. The number of hydrogen-bond acceptors (Lipinski definition) is 6. The van der Waals surface area contributed by atoms with E-state index in [0.29, 0.717) is 25.4 Å². The fourth-order valence-electron chi connectivity index (χ4n) is 5.27. The third kappa shape index (κ3) is 4.22. The van der Waals surface area contributed by atoms with Gasteiger partial charge < -0.3 is 5.32 Å². The Balaban J connectivity index is 1.28. The smallest absolute Gasteiger partial charge is 0.243 e. The lowest BCUT2D eigenvalue weighted by Crippen LogP contribution is -2.51. The van der Waals surface area contributed by atoms with Crippen LogP contribution in [0.1, 0.15) is 52.1 Å². The Kier molecular flexibility index (Phi) is 6.07. The molecule has 32 heavy (non-hydrogen) atoms. The minimum Gasteiger partial charge on any atom is -0.308 e. The molecule has 3 aliphatic heterocycles. The highest BCUT2D eigenvalue weighted by atomic mass is 32.1. The van der Waals surface area contributed by atoms with Crippen molar-refractivity contribution >= 4 is 24.4 Å². The van der Waals surface area contributed by atoms with Crippen LogP contribution in [0.4, 0.5) is 0 Å². The van der Waals surface area contributed by atoms with Crippen LogP contribution >= 0.6 is 12.6 Å². The van der Waals surface area contributed by atoms with E-state index < -0.39 is 0 Å². The van der Waals surface area contributed by atoms with Gasteiger partial charge >= 0.3 is 0 Å². The number of aryl methyl sites for hydroxylation is 1. The molecular formula is C25H30N4O2S. The van der Waals surface area contributed by atoms with Crippen molar-refractivity contribution in [2.45, 2.75) is 50.3 Å². The van der Waals surface area contributed by atoms with Crippen molar-refractivity contribution < 1.29 is 9.59 Å². The summed E-state index contributed by atoms with van der Waals surface area (Å²) in [6.45, 7) is 6.75. The first kappa shape index (κ1) is 21.6. The number of nitrogens with one attached hydrogen (secondary N) is 2. The van der Waals surface area contributed by atoms with E-state index in [0.717, 1.165) is 26.2 Å². The largest absolute Gasteiger partial charge is 0.308 e. The van der Waals surface area contributed by atoms with Gasteiger partial charge in [0.25, 0.3) is 0 Å². The Bertz CT molecular complexity index is 1040. The molecule has 2 aromatic rings. The summed E-state index contributed by atoms with van der Waals surface area (Å²) < 4.78 is 0. The summed E-state index contributed by atoms with van der Waals surface area (Å²) in [5, 5.41) is 6.01. The highest BCUT2D eigenvalue weighted by Gasteiger charge is 2.39. The van der Waals surface area contributed by atoms with E-state index in [4.69, 9.17) is 12.6 Å². The zero-order valence-corrected chi connectivity index (χ0v) is 19.3. The molecule has 3 atom stereocenters. The fourth-order valence-corrected chi connectivity index (χ4v) is 5.75. The highest BCUT2D eigenvalue weighted by Crippen LogP contribution is 2.39. The maximum Gasteiger partial charge on any atom is 0.243 e. The van der Waals surface area contributed by atoms with Crippen LogP contribution in [0.5, 0.6) is 0 Å². The molecule has 0 aromatic heterocycles. The van der Waals surface area contributed by atoms with Gasteiger partial charge in [-0.1, -0.05) is 42.5 Å². The van der Waals surface area contributed by atoms with E-state index in [9.17, 15) is 9.59 Å². The first-order valence-corrected chi connectivity index (χ1v) is 11.9. The number of amides is 2. The average molecular weight is 451 g/mol. The van der Waals surface area contributed by atoms with Gasteiger partial charge in [-0.25, -0.2) is 0 Å². The molecule has 0 aliphatic carbocycles. The van der Waals surface area contributed by atoms with E-state index in [1.165, 1.54) is 27.8 Å². The lowest BCUT2D eigenvalue weighted by molar-refractivity contribution is -0.137. The summed E-state index contributed by atoms with van der Waals surface area (Å²) in [6.07, 6.45) is 0.948. The molecule has 7 heteroatoms. The van der Waals surface area contributed by atoms with Gasteiger partial charge in [-0.3, -0.25) is 24.7 Å². The Morgan fingerprint density at radius 3 is 2.78 bits per heavy atom. The Hall–Kier alpha value is -2.19. The van der Waals surface area contributed by atoms with Crippen molar-refractivity contribution in [1.82, 2.24) is 20.4 Å². The molecule has 6 nitrogen and oxygen atoms in total. The number of rotatable bonds is 4. The average Bonchev–Trinajstić information content (AvgIpc) is 3.10. The van der Waals surface area contributed by atoms with Crippen molar-refractivity contribution in [1.29, 1.82) is 0 Å². The minimum absolute atomic E-state index is 0.128. The van der Waals surface area contributed by atoms with Crippen LogP contribution in [0, 0.1) is 6.92 Å². The number of carbonyl (C=O) groups excluding carboxylic acids is 2. The summed E-state index contributed by atoms with van der Waals surface area (Å²) in [4.78, 5) is 28.5. The van der Waals surface area contributed by atoms with Gasteiger partial charge in [0.05, 0.1) is 11.4 Å². The molecule has 0 radical (unpaired) electrons. The molecule has 3 aliphatic rings. The highest BCUT2D eigenvalue weighted by molar-refractivity contribution is 7.80. The molecule has 3 heterocycles. The second-order valence-corrected chi connectivity index (χ2v) is 9.63. The molecule has 2 saturated heterocycles. The third-order valence-electron chi connectivity index (χ3n) is 7.00. The lowest BCUT2D eigenvalue weighted by Gasteiger charge is -2.34. The van der Waals surface area contributed by atoms with Crippen LogP contribution in [-0.2, 0) is 22.7 Å². The molecule has 2 aromatic carbocycles. The first-order valence-electron chi connectivity index (χ1n) is 11.4. The normalized spacial score (nSPS) is 26.8.